The van der Waals surface area contributed by atoms with Gasteiger partial charge in [0, 0.05) is 17.5 Å². The second-order valence-corrected chi connectivity index (χ2v) is 6.14. The van der Waals surface area contributed by atoms with Crippen LogP contribution in [0.1, 0.15) is 41.9 Å². The average molecular weight is 282 g/mol. The number of hydrogen-bond donors (Lipinski definition) is 1. The van der Waals surface area contributed by atoms with E-state index in [9.17, 15) is 4.79 Å². The van der Waals surface area contributed by atoms with Crippen LogP contribution in [0, 0.1) is 5.41 Å². The van der Waals surface area contributed by atoms with Crippen LogP contribution in [0.25, 0.3) is 0 Å². The smallest absolute Gasteiger partial charge is 0.271 e. The Morgan fingerprint density at radius 3 is 2.71 bits per heavy atom. The first-order chi connectivity index (χ1) is 10.1. The number of nitrogens with one attached hydrogen (secondary N) is 1. The number of furan rings is 1. The van der Waals surface area contributed by atoms with E-state index in [0.717, 1.165) is 29.9 Å². The van der Waals surface area contributed by atoms with Crippen molar-refractivity contribution in [3.05, 3.63) is 59.5 Å². The number of nitrogens with zero attached hydrogens (tertiary/aromatic N) is 1. The van der Waals surface area contributed by atoms with E-state index in [0.29, 0.717) is 5.56 Å². The molecule has 1 aromatic heterocycles. The van der Waals surface area contributed by atoms with Gasteiger partial charge in [0.25, 0.3) is 5.91 Å². The van der Waals surface area contributed by atoms with Crippen LogP contribution in [-0.4, -0.2) is 11.6 Å². The highest BCUT2D eigenvalue weighted by Gasteiger charge is 2.31. The zero-order valence-corrected chi connectivity index (χ0v) is 12.2. The van der Waals surface area contributed by atoms with Gasteiger partial charge in [0.15, 0.2) is 0 Å². The summed E-state index contributed by atoms with van der Waals surface area (Å²) in [6.45, 7) is 4.35. The fourth-order valence-corrected chi connectivity index (χ4v) is 2.65. The molecular weight excluding hydrogens is 264 g/mol. The fourth-order valence-electron chi connectivity index (χ4n) is 2.65. The van der Waals surface area contributed by atoms with Crippen molar-refractivity contribution < 1.29 is 9.21 Å². The molecule has 108 valence electrons. The molecule has 1 aliphatic rings. The molecule has 21 heavy (non-hydrogen) atoms. The third-order valence-corrected chi connectivity index (χ3v) is 3.67. The molecule has 1 aromatic carbocycles. The highest BCUT2D eigenvalue weighted by atomic mass is 16.3. The quantitative estimate of drug-likeness (QED) is 0.858. The van der Waals surface area contributed by atoms with Gasteiger partial charge in [-0.2, -0.15) is 5.10 Å². The van der Waals surface area contributed by atoms with E-state index >= 15 is 0 Å². The molecule has 4 heteroatoms. The van der Waals surface area contributed by atoms with E-state index in [-0.39, 0.29) is 11.3 Å². The molecule has 0 fully saturated rings. The van der Waals surface area contributed by atoms with Crippen molar-refractivity contribution in [3.8, 4) is 0 Å². The maximum atomic E-state index is 12.1. The van der Waals surface area contributed by atoms with Crippen LogP contribution in [0.5, 0.6) is 0 Å². The predicted molar refractivity (Wildman–Crippen MR) is 81.3 cm³/mol. The molecule has 0 saturated heterocycles. The molecule has 0 radical (unpaired) electrons. The molecule has 0 atom stereocenters. The summed E-state index contributed by atoms with van der Waals surface area (Å²) in [7, 11) is 0. The first-order valence-electron chi connectivity index (χ1n) is 7.04. The summed E-state index contributed by atoms with van der Waals surface area (Å²) in [6, 6.07) is 11.0. The second kappa shape index (κ2) is 5.20. The van der Waals surface area contributed by atoms with Gasteiger partial charge in [-0.1, -0.05) is 32.0 Å². The lowest BCUT2D eigenvalue weighted by Crippen LogP contribution is -2.29. The van der Waals surface area contributed by atoms with Crippen molar-refractivity contribution in [1.29, 1.82) is 0 Å². The third kappa shape index (κ3) is 2.89. The normalized spacial score (nSPS) is 18.3. The lowest BCUT2D eigenvalue weighted by Gasteiger charge is -2.29. The van der Waals surface area contributed by atoms with Crippen molar-refractivity contribution in [1.82, 2.24) is 5.43 Å². The summed E-state index contributed by atoms with van der Waals surface area (Å²) in [5.41, 5.74) is 5.21. The average Bonchev–Trinajstić information content (AvgIpc) is 2.92. The molecule has 1 N–H and O–H groups in total. The molecule has 1 heterocycles. The van der Waals surface area contributed by atoms with Crippen molar-refractivity contribution in [2.45, 2.75) is 26.7 Å². The van der Waals surface area contributed by atoms with Gasteiger partial charge in [-0.05, 0) is 30.0 Å². The van der Waals surface area contributed by atoms with E-state index in [1.165, 1.54) is 0 Å². The van der Waals surface area contributed by atoms with Gasteiger partial charge in [0.1, 0.15) is 5.76 Å². The summed E-state index contributed by atoms with van der Waals surface area (Å²) in [5, 5.41) is 4.33. The van der Waals surface area contributed by atoms with Gasteiger partial charge in [-0.3, -0.25) is 4.79 Å². The van der Waals surface area contributed by atoms with Crippen LogP contribution in [0.3, 0.4) is 0 Å². The Balaban J connectivity index is 1.82. The minimum Gasteiger partial charge on any atom is -0.469 e. The van der Waals surface area contributed by atoms with Gasteiger partial charge in [0.2, 0.25) is 0 Å². The molecule has 0 saturated carbocycles. The zero-order chi connectivity index (χ0) is 14.9. The monoisotopic (exact) mass is 282 g/mol. The summed E-state index contributed by atoms with van der Waals surface area (Å²) >= 11 is 0. The van der Waals surface area contributed by atoms with Gasteiger partial charge in [-0.25, -0.2) is 5.43 Å². The second-order valence-electron chi connectivity index (χ2n) is 6.14. The summed E-state index contributed by atoms with van der Waals surface area (Å²) in [5.74, 6) is 0.746. The summed E-state index contributed by atoms with van der Waals surface area (Å²) < 4.78 is 5.52. The molecule has 3 rings (SSSR count). The molecule has 0 spiro atoms. The first kappa shape index (κ1) is 13.6. The Hall–Kier alpha value is -2.36. The lowest BCUT2D eigenvalue weighted by molar-refractivity contribution is 0.0954. The van der Waals surface area contributed by atoms with E-state index in [4.69, 9.17) is 4.42 Å². The molecule has 2 aromatic rings. The number of carbonyl (C=O) groups is 1. The topological polar surface area (TPSA) is 54.6 Å². The van der Waals surface area contributed by atoms with E-state index in [2.05, 4.69) is 24.4 Å². The highest BCUT2D eigenvalue weighted by molar-refractivity contribution is 6.04. The van der Waals surface area contributed by atoms with E-state index in [1.54, 1.807) is 18.4 Å². The lowest BCUT2D eigenvalue weighted by atomic mass is 9.76. The Morgan fingerprint density at radius 2 is 1.95 bits per heavy atom. The maximum Gasteiger partial charge on any atom is 0.271 e. The van der Waals surface area contributed by atoms with Gasteiger partial charge in [-0.15, -0.1) is 0 Å². The van der Waals surface area contributed by atoms with E-state index in [1.807, 2.05) is 24.3 Å². The number of fused-ring (bicyclic) bond motifs is 1. The Bertz CT molecular complexity index is 684. The maximum absolute atomic E-state index is 12.1. The standard InChI is InChI=1S/C17H18N2O2/c1-17(2)10-14(13-8-9-21-15(13)11-17)18-19-16(20)12-6-4-3-5-7-12/h3-9H,10-11H2,1-2H3,(H,19,20)/b18-14+. The van der Waals surface area contributed by atoms with Gasteiger partial charge < -0.3 is 4.42 Å². The highest BCUT2D eigenvalue weighted by Crippen LogP contribution is 2.35. The SMILES string of the molecule is CC1(C)C/C(=N\NC(=O)c2ccccc2)c2ccoc2C1. The minimum absolute atomic E-state index is 0.0845. The Labute approximate surface area is 123 Å². The summed E-state index contributed by atoms with van der Waals surface area (Å²) in [6.07, 6.45) is 3.39. The molecule has 4 nitrogen and oxygen atoms in total. The van der Waals surface area contributed by atoms with Crippen LogP contribution in [0.15, 0.2) is 52.2 Å². The fraction of sp³-hybridized carbons (Fsp3) is 0.294. The number of carbonyl (C=O) groups excluding carboxylic acids is 1. The Morgan fingerprint density at radius 1 is 1.19 bits per heavy atom. The number of amides is 1. The number of rotatable bonds is 2. The number of benzene rings is 1. The van der Waals surface area contributed by atoms with Crippen LogP contribution in [-0.2, 0) is 6.42 Å². The molecule has 0 bridgehead atoms. The van der Waals surface area contributed by atoms with Crippen LogP contribution >= 0.6 is 0 Å². The van der Waals surface area contributed by atoms with E-state index < -0.39 is 0 Å². The Kier molecular flexibility index (Phi) is 3.37. The molecule has 0 aliphatic heterocycles. The largest absolute Gasteiger partial charge is 0.469 e. The third-order valence-electron chi connectivity index (χ3n) is 3.67. The molecular formula is C17H18N2O2. The number of hydrogen-bond acceptors (Lipinski definition) is 3. The molecule has 0 unspecified atom stereocenters. The van der Waals surface area contributed by atoms with Gasteiger partial charge in [0.05, 0.1) is 12.0 Å². The van der Waals surface area contributed by atoms with Crippen LogP contribution < -0.4 is 5.43 Å². The summed E-state index contributed by atoms with van der Waals surface area (Å²) in [4.78, 5) is 12.1. The minimum atomic E-state index is -0.198. The molecule has 1 aliphatic carbocycles. The van der Waals surface area contributed by atoms with Crippen molar-refractivity contribution >= 4 is 11.6 Å². The van der Waals surface area contributed by atoms with Crippen molar-refractivity contribution in [2.24, 2.45) is 10.5 Å². The van der Waals surface area contributed by atoms with Gasteiger partial charge >= 0.3 is 0 Å². The predicted octanol–water partition coefficient (Wildman–Crippen LogP) is 3.39. The van der Waals surface area contributed by atoms with Crippen molar-refractivity contribution in [3.63, 3.8) is 0 Å². The van der Waals surface area contributed by atoms with Crippen LogP contribution in [0.4, 0.5) is 0 Å². The van der Waals surface area contributed by atoms with Crippen molar-refractivity contribution in [2.75, 3.05) is 0 Å². The first-order valence-corrected chi connectivity index (χ1v) is 7.04. The molecule has 1 amide bonds. The van der Waals surface area contributed by atoms with Crippen LogP contribution in [0.2, 0.25) is 0 Å². The number of hydrazone groups is 1. The zero-order valence-electron chi connectivity index (χ0n) is 12.2.